The van der Waals surface area contributed by atoms with Crippen molar-refractivity contribution >= 4 is 17.8 Å². The van der Waals surface area contributed by atoms with Crippen LogP contribution in [0, 0.1) is 5.92 Å². The minimum Gasteiger partial charge on any atom is -0.335 e. The summed E-state index contributed by atoms with van der Waals surface area (Å²) >= 11 is 0. The summed E-state index contributed by atoms with van der Waals surface area (Å²) in [5, 5.41) is 13.7. The van der Waals surface area contributed by atoms with Crippen molar-refractivity contribution in [2.75, 3.05) is 5.32 Å². The summed E-state index contributed by atoms with van der Waals surface area (Å²) in [6, 6.07) is 20.5. The van der Waals surface area contributed by atoms with Crippen molar-refractivity contribution in [1.82, 2.24) is 20.4 Å². The summed E-state index contributed by atoms with van der Waals surface area (Å²) in [5.41, 5.74) is 3.69. The van der Waals surface area contributed by atoms with Crippen molar-refractivity contribution in [2.45, 2.75) is 56.7 Å². The van der Waals surface area contributed by atoms with Crippen molar-refractivity contribution in [2.24, 2.45) is 5.92 Å². The van der Waals surface area contributed by atoms with E-state index >= 15 is 0 Å². The van der Waals surface area contributed by atoms with E-state index in [1.807, 2.05) is 55.1 Å². The second-order valence-electron chi connectivity index (χ2n) is 10.2. The number of aromatic amines is 1. The number of aromatic nitrogens is 2. The predicted molar refractivity (Wildman–Crippen MR) is 129 cm³/mol. The number of carbonyl (C=O) groups excluding carboxylic acids is 2. The molecule has 6 rings (SSSR count). The second kappa shape index (κ2) is 7.72. The Morgan fingerprint density at radius 3 is 2.29 bits per heavy atom. The van der Waals surface area contributed by atoms with E-state index in [1.165, 1.54) is 11.1 Å². The molecule has 7 nitrogen and oxygen atoms in total. The highest BCUT2D eigenvalue weighted by Gasteiger charge is 2.48. The summed E-state index contributed by atoms with van der Waals surface area (Å²) in [4.78, 5) is 27.9. The van der Waals surface area contributed by atoms with E-state index in [0.717, 1.165) is 24.1 Å². The van der Waals surface area contributed by atoms with Gasteiger partial charge in [-0.25, -0.2) is 4.79 Å². The maximum Gasteiger partial charge on any atom is 0.318 e. The normalized spacial score (nSPS) is 26.0. The van der Waals surface area contributed by atoms with Crippen LogP contribution in [0.15, 0.2) is 60.7 Å². The Hall–Kier alpha value is -3.61. The molecular weight excluding hydrogens is 426 g/mol. The average Bonchev–Trinajstić information content (AvgIpc) is 3.74. The van der Waals surface area contributed by atoms with Crippen molar-refractivity contribution in [3.63, 3.8) is 0 Å². The van der Waals surface area contributed by atoms with Gasteiger partial charge in [0.15, 0.2) is 5.82 Å². The molecule has 34 heavy (non-hydrogen) atoms. The van der Waals surface area contributed by atoms with Crippen molar-refractivity contribution < 1.29 is 9.59 Å². The monoisotopic (exact) mass is 455 g/mol. The van der Waals surface area contributed by atoms with Gasteiger partial charge in [-0.2, -0.15) is 5.10 Å². The number of nitrogens with one attached hydrogen (secondary N) is 3. The summed E-state index contributed by atoms with van der Waals surface area (Å²) < 4.78 is 0. The van der Waals surface area contributed by atoms with Crippen LogP contribution in [0.1, 0.15) is 60.9 Å². The van der Waals surface area contributed by atoms with Gasteiger partial charge in [-0.3, -0.25) is 9.89 Å². The molecule has 2 aromatic carbocycles. The molecule has 1 aliphatic heterocycles. The molecule has 2 heterocycles. The predicted octanol–water partition coefficient (Wildman–Crippen LogP) is 4.47. The Labute approximate surface area is 198 Å². The largest absolute Gasteiger partial charge is 0.335 e. The van der Waals surface area contributed by atoms with Gasteiger partial charge in [0.1, 0.15) is 0 Å². The lowest BCUT2D eigenvalue weighted by atomic mass is 10.0. The van der Waals surface area contributed by atoms with Crippen LogP contribution in [0.2, 0.25) is 0 Å². The molecule has 0 radical (unpaired) electrons. The maximum atomic E-state index is 13.2. The molecule has 0 saturated heterocycles. The Bertz CT molecular complexity index is 1240. The number of urea groups is 1. The SMILES string of the molecule is CC1(C)c2[nH]nc(NC(=O)C3CC3c3ccccc3)c2CN1C(=O)NC1CC1c1ccccc1. The van der Waals surface area contributed by atoms with E-state index < -0.39 is 5.54 Å². The maximum absolute atomic E-state index is 13.2. The van der Waals surface area contributed by atoms with Crippen LogP contribution in [0.3, 0.4) is 0 Å². The molecule has 3 aliphatic rings. The third-order valence-corrected chi connectivity index (χ3v) is 7.64. The van der Waals surface area contributed by atoms with Gasteiger partial charge in [0.05, 0.1) is 17.8 Å². The molecule has 4 unspecified atom stereocenters. The fourth-order valence-electron chi connectivity index (χ4n) is 5.37. The van der Waals surface area contributed by atoms with Crippen molar-refractivity contribution in [3.8, 4) is 0 Å². The third-order valence-electron chi connectivity index (χ3n) is 7.64. The number of H-pyrrole nitrogens is 1. The standard InChI is InChI=1S/C27H29N5O2/c1-27(2)23-21(15-32(27)26(34)28-22-14-19(22)17-11-7-4-8-12-17)24(31-30-23)29-25(33)20-13-18(20)16-9-5-3-6-10-16/h3-12,18-20,22H,13-15H2,1-2H3,(H,28,34)(H2,29,30,31,33). The smallest absolute Gasteiger partial charge is 0.318 e. The minimum atomic E-state index is -0.543. The van der Waals surface area contributed by atoms with Crippen LogP contribution in [0.25, 0.3) is 0 Å². The lowest BCUT2D eigenvalue weighted by molar-refractivity contribution is -0.117. The zero-order valence-electron chi connectivity index (χ0n) is 19.4. The molecular formula is C27H29N5O2. The highest BCUT2D eigenvalue weighted by molar-refractivity contribution is 5.95. The molecule has 1 aromatic heterocycles. The first-order valence-corrected chi connectivity index (χ1v) is 12.0. The van der Waals surface area contributed by atoms with E-state index in [9.17, 15) is 9.59 Å². The molecule has 3 aromatic rings. The molecule has 2 aliphatic carbocycles. The number of hydrogen-bond acceptors (Lipinski definition) is 3. The number of benzene rings is 2. The highest BCUT2D eigenvalue weighted by Crippen LogP contribution is 2.48. The second-order valence-corrected chi connectivity index (χ2v) is 10.2. The minimum absolute atomic E-state index is 0.00690. The molecule has 174 valence electrons. The van der Waals surface area contributed by atoms with Crippen LogP contribution in [0.4, 0.5) is 10.6 Å². The molecule has 3 amide bonds. The van der Waals surface area contributed by atoms with Gasteiger partial charge >= 0.3 is 6.03 Å². The molecule has 4 atom stereocenters. The van der Waals surface area contributed by atoms with Crippen LogP contribution in [-0.2, 0) is 16.9 Å². The number of fused-ring (bicyclic) bond motifs is 1. The lowest BCUT2D eigenvalue weighted by Crippen LogP contribution is -2.47. The Balaban J connectivity index is 1.11. The Morgan fingerprint density at radius 2 is 1.62 bits per heavy atom. The van der Waals surface area contributed by atoms with E-state index in [0.29, 0.717) is 18.3 Å². The number of anilines is 1. The summed E-state index contributed by atoms with van der Waals surface area (Å²) in [6.07, 6.45) is 1.81. The van der Waals surface area contributed by atoms with Crippen LogP contribution in [-0.4, -0.2) is 33.1 Å². The highest BCUT2D eigenvalue weighted by atomic mass is 16.2. The fourth-order valence-corrected chi connectivity index (χ4v) is 5.37. The summed E-state index contributed by atoms with van der Waals surface area (Å²) in [5.74, 6) is 1.14. The first-order valence-electron chi connectivity index (χ1n) is 12.0. The third kappa shape index (κ3) is 3.56. The number of rotatable bonds is 5. The van der Waals surface area contributed by atoms with Gasteiger partial charge < -0.3 is 15.5 Å². The van der Waals surface area contributed by atoms with Gasteiger partial charge in [0, 0.05) is 23.4 Å². The van der Waals surface area contributed by atoms with E-state index in [-0.39, 0.29) is 29.8 Å². The van der Waals surface area contributed by atoms with Gasteiger partial charge in [-0.15, -0.1) is 0 Å². The zero-order valence-corrected chi connectivity index (χ0v) is 19.4. The Morgan fingerprint density at radius 1 is 0.971 bits per heavy atom. The Kier molecular flexibility index (Phi) is 4.76. The van der Waals surface area contributed by atoms with Gasteiger partial charge in [-0.05, 0) is 43.7 Å². The zero-order chi connectivity index (χ0) is 23.4. The number of hydrogen-bond donors (Lipinski definition) is 3. The summed E-state index contributed by atoms with van der Waals surface area (Å²) in [7, 11) is 0. The molecule has 3 N–H and O–H groups in total. The number of amides is 3. The molecule has 2 fully saturated rings. The lowest BCUT2D eigenvalue weighted by Gasteiger charge is -2.32. The van der Waals surface area contributed by atoms with Crippen LogP contribution >= 0.6 is 0 Å². The average molecular weight is 456 g/mol. The van der Waals surface area contributed by atoms with Crippen molar-refractivity contribution in [3.05, 3.63) is 83.0 Å². The molecule has 0 bridgehead atoms. The van der Waals surface area contributed by atoms with Gasteiger partial charge in [0.25, 0.3) is 0 Å². The molecule has 0 spiro atoms. The summed E-state index contributed by atoms with van der Waals surface area (Å²) in [6.45, 7) is 4.43. The van der Waals surface area contributed by atoms with E-state index in [2.05, 4.69) is 45.1 Å². The van der Waals surface area contributed by atoms with Gasteiger partial charge in [0.2, 0.25) is 5.91 Å². The fraction of sp³-hybridized carbons (Fsp3) is 0.370. The number of carbonyl (C=O) groups is 2. The van der Waals surface area contributed by atoms with E-state index in [4.69, 9.17) is 0 Å². The molecule has 2 saturated carbocycles. The first-order chi connectivity index (χ1) is 16.4. The van der Waals surface area contributed by atoms with Crippen molar-refractivity contribution in [1.29, 1.82) is 0 Å². The van der Waals surface area contributed by atoms with Crippen LogP contribution in [0.5, 0.6) is 0 Å². The topological polar surface area (TPSA) is 90.1 Å². The number of nitrogens with zero attached hydrogens (tertiary/aromatic N) is 2. The van der Waals surface area contributed by atoms with Gasteiger partial charge in [-0.1, -0.05) is 60.7 Å². The quantitative estimate of drug-likeness (QED) is 0.530. The van der Waals surface area contributed by atoms with Crippen LogP contribution < -0.4 is 10.6 Å². The van der Waals surface area contributed by atoms with E-state index in [1.54, 1.807) is 0 Å². The molecule has 7 heteroatoms. The first kappa shape index (κ1) is 21.0.